The van der Waals surface area contributed by atoms with Crippen LogP contribution in [0.2, 0.25) is 0 Å². The van der Waals surface area contributed by atoms with Gasteiger partial charge in [-0.2, -0.15) is 0 Å². The molecule has 1 N–H and O–H groups in total. The number of carbonyl (C=O) groups is 2. The van der Waals surface area contributed by atoms with E-state index in [0.29, 0.717) is 29.2 Å². The lowest BCUT2D eigenvalue weighted by Crippen LogP contribution is -2.20. The quantitative estimate of drug-likeness (QED) is 0.484. The van der Waals surface area contributed by atoms with E-state index in [1.165, 1.54) is 6.07 Å². The molecule has 0 aliphatic rings. The van der Waals surface area contributed by atoms with E-state index in [1.54, 1.807) is 42.5 Å². The molecule has 3 rings (SSSR count). The number of rotatable bonds is 7. The predicted octanol–water partition coefficient (Wildman–Crippen LogP) is 3.69. The summed E-state index contributed by atoms with van der Waals surface area (Å²) in [5.74, 6) is -0.430. The van der Waals surface area contributed by atoms with E-state index < -0.39 is 17.5 Å². The summed E-state index contributed by atoms with van der Waals surface area (Å²) in [5, 5.41) is 3.47. The van der Waals surface area contributed by atoms with Crippen molar-refractivity contribution in [2.24, 2.45) is 0 Å². The summed E-state index contributed by atoms with van der Waals surface area (Å²) in [4.78, 5) is 35.6. The number of hydrogen-bond acceptors (Lipinski definition) is 6. The van der Waals surface area contributed by atoms with Crippen LogP contribution < -0.4 is 15.7 Å². The molecular weight excluding hydrogens is 374 g/mol. The van der Waals surface area contributed by atoms with Gasteiger partial charge in [0.1, 0.15) is 11.3 Å². The lowest BCUT2D eigenvalue weighted by atomic mass is 10.1. The second-order valence-electron chi connectivity index (χ2n) is 6.46. The SMILES string of the molecule is CCCOC(=O)c1cccc(NC(=O)COc2ccc3c(C)cc(=O)oc3c2)c1. The summed E-state index contributed by atoms with van der Waals surface area (Å²) in [5.41, 5.74) is 1.58. The standard InChI is InChI=1S/C22H21NO6/c1-3-9-27-22(26)15-5-4-6-16(11-15)23-20(24)13-28-17-7-8-18-14(2)10-21(25)29-19(18)12-17/h4-8,10-12H,3,9,13H2,1-2H3,(H,23,24). The van der Waals surface area contributed by atoms with Crippen molar-refractivity contribution in [3.8, 4) is 5.75 Å². The molecule has 0 aliphatic carbocycles. The van der Waals surface area contributed by atoms with E-state index in [0.717, 1.165) is 17.4 Å². The molecule has 1 heterocycles. The summed E-state index contributed by atoms with van der Waals surface area (Å²) >= 11 is 0. The number of fused-ring (bicyclic) bond motifs is 1. The maximum Gasteiger partial charge on any atom is 0.338 e. The Hall–Kier alpha value is -3.61. The molecule has 0 saturated carbocycles. The van der Waals surface area contributed by atoms with Gasteiger partial charge in [-0.25, -0.2) is 9.59 Å². The third kappa shape index (κ3) is 5.22. The van der Waals surface area contributed by atoms with Crippen LogP contribution in [0.4, 0.5) is 5.69 Å². The Balaban J connectivity index is 1.62. The van der Waals surface area contributed by atoms with Gasteiger partial charge in [0, 0.05) is 23.2 Å². The number of aryl methyl sites for hydroxylation is 1. The normalized spacial score (nSPS) is 10.6. The van der Waals surface area contributed by atoms with Crippen LogP contribution in [0, 0.1) is 6.92 Å². The van der Waals surface area contributed by atoms with Gasteiger partial charge in [0.25, 0.3) is 5.91 Å². The van der Waals surface area contributed by atoms with Gasteiger partial charge in [0.2, 0.25) is 0 Å². The van der Waals surface area contributed by atoms with E-state index in [2.05, 4.69) is 5.32 Å². The number of nitrogens with one attached hydrogen (secondary N) is 1. The highest BCUT2D eigenvalue weighted by atomic mass is 16.5. The Bertz CT molecular complexity index is 1100. The first-order chi connectivity index (χ1) is 14.0. The van der Waals surface area contributed by atoms with Gasteiger partial charge < -0.3 is 19.2 Å². The maximum atomic E-state index is 12.2. The summed E-state index contributed by atoms with van der Waals surface area (Å²) < 4.78 is 15.7. The topological polar surface area (TPSA) is 94.8 Å². The first-order valence-electron chi connectivity index (χ1n) is 9.20. The van der Waals surface area contributed by atoms with Gasteiger partial charge in [-0.1, -0.05) is 13.0 Å². The van der Waals surface area contributed by atoms with Crippen molar-refractivity contribution in [1.29, 1.82) is 0 Å². The van der Waals surface area contributed by atoms with Crippen molar-refractivity contribution in [2.75, 3.05) is 18.5 Å². The van der Waals surface area contributed by atoms with E-state index in [9.17, 15) is 14.4 Å². The summed E-state index contributed by atoms with van der Waals surface area (Å²) in [6.45, 7) is 3.83. The third-order valence-electron chi connectivity index (χ3n) is 4.11. The maximum absolute atomic E-state index is 12.2. The second kappa shape index (κ2) is 9.05. The molecule has 0 spiro atoms. The lowest BCUT2D eigenvalue weighted by molar-refractivity contribution is -0.118. The van der Waals surface area contributed by atoms with Crippen LogP contribution in [0.5, 0.6) is 5.75 Å². The lowest BCUT2D eigenvalue weighted by Gasteiger charge is -2.09. The second-order valence-corrected chi connectivity index (χ2v) is 6.46. The number of esters is 1. The molecule has 1 amide bonds. The van der Waals surface area contributed by atoms with Crippen LogP contribution in [0.25, 0.3) is 11.0 Å². The summed E-state index contributed by atoms with van der Waals surface area (Å²) in [6, 6.07) is 13.0. The molecule has 3 aromatic rings. The molecule has 29 heavy (non-hydrogen) atoms. The number of ether oxygens (including phenoxy) is 2. The van der Waals surface area contributed by atoms with Crippen LogP contribution in [-0.2, 0) is 9.53 Å². The summed E-state index contributed by atoms with van der Waals surface area (Å²) in [7, 11) is 0. The molecule has 0 atom stereocenters. The summed E-state index contributed by atoms with van der Waals surface area (Å²) in [6.07, 6.45) is 0.733. The largest absolute Gasteiger partial charge is 0.484 e. The van der Waals surface area contributed by atoms with Gasteiger partial charge >= 0.3 is 11.6 Å². The number of hydrogen-bond donors (Lipinski definition) is 1. The Labute approximate surface area is 167 Å². The molecule has 2 aromatic carbocycles. The Morgan fingerprint density at radius 3 is 2.72 bits per heavy atom. The van der Waals surface area contributed by atoms with Crippen molar-refractivity contribution < 1.29 is 23.5 Å². The minimum atomic E-state index is -0.442. The fourth-order valence-corrected chi connectivity index (χ4v) is 2.74. The fourth-order valence-electron chi connectivity index (χ4n) is 2.74. The predicted molar refractivity (Wildman–Crippen MR) is 108 cm³/mol. The molecule has 0 bridgehead atoms. The van der Waals surface area contributed by atoms with Crippen molar-refractivity contribution >= 4 is 28.5 Å². The van der Waals surface area contributed by atoms with Gasteiger partial charge in [-0.05, 0) is 49.2 Å². The minimum absolute atomic E-state index is 0.244. The first-order valence-corrected chi connectivity index (χ1v) is 9.20. The van der Waals surface area contributed by atoms with Gasteiger partial charge in [-0.15, -0.1) is 0 Å². The van der Waals surface area contributed by atoms with E-state index >= 15 is 0 Å². The van der Waals surface area contributed by atoms with Crippen molar-refractivity contribution in [3.63, 3.8) is 0 Å². The monoisotopic (exact) mass is 395 g/mol. The molecule has 150 valence electrons. The highest BCUT2D eigenvalue weighted by Crippen LogP contribution is 2.22. The Morgan fingerprint density at radius 2 is 1.93 bits per heavy atom. The molecule has 0 radical (unpaired) electrons. The molecular formula is C22H21NO6. The van der Waals surface area contributed by atoms with Crippen LogP contribution >= 0.6 is 0 Å². The van der Waals surface area contributed by atoms with Crippen molar-refractivity contribution in [2.45, 2.75) is 20.3 Å². The van der Waals surface area contributed by atoms with E-state index in [-0.39, 0.29) is 6.61 Å². The van der Waals surface area contributed by atoms with E-state index in [1.807, 2.05) is 13.8 Å². The van der Waals surface area contributed by atoms with Crippen LogP contribution in [0.3, 0.4) is 0 Å². The minimum Gasteiger partial charge on any atom is -0.484 e. The van der Waals surface area contributed by atoms with Gasteiger partial charge in [0.15, 0.2) is 6.61 Å². The van der Waals surface area contributed by atoms with Gasteiger partial charge in [0.05, 0.1) is 12.2 Å². The number of amides is 1. The number of benzene rings is 2. The highest BCUT2D eigenvalue weighted by Gasteiger charge is 2.10. The molecule has 1 aromatic heterocycles. The zero-order chi connectivity index (χ0) is 20.8. The molecule has 0 unspecified atom stereocenters. The zero-order valence-corrected chi connectivity index (χ0v) is 16.2. The average Bonchev–Trinajstić information content (AvgIpc) is 2.70. The Kier molecular flexibility index (Phi) is 6.29. The average molecular weight is 395 g/mol. The van der Waals surface area contributed by atoms with Crippen molar-refractivity contribution in [1.82, 2.24) is 0 Å². The van der Waals surface area contributed by atoms with Crippen LogP contribution in [0.1, 0.15) is 29.3 Å². The molecule has 0 aliphatic heterocycles. The smallest absolute Gasteiger partial charge is 0.338 e. The Morgan fingerprint density at radius 1 is 1.10 bits per heavy atom. The van der Waals surface area contributed by atoms with Crippen LogP contribution in [-0.4, -0.2) is 25.1 Å². The highest BCUT2D eigenvalue weighted by molar-refractivity contribution is 5.95. The van der Waals surface area contributed by atoms with E-state index in [4.69, 9.17) is 13.9 Å². The molecule has 0 fully saturated rings. The first kappa shape index (κ1) is 20.1. The van der Waals surface area contributed by atoms with Crippen LogP contribution in [0.15, 0.2) is 57.7 Å². The van der Waals surface area contributed by atoms with Gasteiger partial charge in [-0.3, -0.25) is 4.79 Å². The van der Waals surface area contributed by atoms with Crippen molar-refractivity contribution in [3.05, 3.63) is 70.1 Å². The zero-order valence-electron chi connectivity index (χ0n) is 16.2. The molecule has 0 saturated heterocycles. The number of carbonyl (C=O) groups excluding carboxylic acids is 2. The fraction of sp³-hybridized carbons (Fsp3) is 0.227. The molecule has 7 nitrogen and oxygen atoms in total. The molecule has 7 heteroatoms. The number of anilines is 1. The third-order valence-corrected chi connectivity index (χ3v) is 4.11.